The molecule has 23 heavy (non-hydrogen) atoms. The van der Waals surface area contributed by atoms with Gasteiger partial charge in [0.05, 0.1) is 18.1 Å². The van der Waals surface area contributed by atoms with E-state index < -0.39 is 6.10 Å². The number of aliphatic hydroxyl groups excluding tert-OH is 1. The molecule has 0 aliphatic carbocycles. The van der Waals surface area contributed by atoms with Crippen molar-refractivity contribution in [3.05, 3.63) is 10.6 Å². The number of fused-ring (bicyclic) bond motifs is 1. The van der Waals surface area contributed by atoms with Crippen LogP contribution >= 0.6 is 23.9 Å². The lowest BCUT2D eigenvalue weighted by Crippen LogP contribution is -2.62. The van der Waals surface area contributed by atoms with E-state index in [9.17, 15) is 9.90 Å². The van der Waals surface area contributed by atoms with Crippen LogP contribution in [0, 0.1) is 11.8 Å². The maximum absolute atomic E-state index is 12.3. The summed E-state index contributed by atoms with van der Waals surface area (Å²) in [5.41, 5.74) is 1.09. The molecule has 0 aromatic rings. The third-order valence-corrected chi connectivity index (χ3v) is 7.19. The second kappa shape index (κ2) is 6.93. The van der Waals surface area contributed by atoms with Gasteiger partial charge in [0, 0.05) is 53.0 Å². The van der Waals surface area contributed by atoms with Crippen LogP contribution in [0.2, 0.25) is 0 Å². The minimum Gasteiger partial charge on any atom is -0.393 e. The standard InChI is InChI=1S/C15H26N4O2S2/c1-7-13-12(9(3)20)15(21)19(13)8(2)14(7)22-11-4-10(17-6-11)5-18-23-16/h7,9-13,17-18,20H,4-6,16H2,1-3H3/t7?,9-,10?,11?,12?,13?/m0/s1. The van der Waals surface area contributed by atoms with Gasteiger partial charge in [-0.1, -0.05) is 6.92 Å². The first-order chi connectivity index (χ1) is 11.0. The summed E-state index contributed by atoms with van der Waals surface area (Å²) in [6.45, 7) is 7.80. The van der Waals surface area contributed by atoms with E-state index in [1.165, 1.54) is 4.91 Å². The Morgan fingerprint density at radius 1 is 1.57 bits per heavy atom. The molecule has 3 aliphatic rings. The van der Waals surface area contributed by atoms with Gasteiger partial charge in [0.1, 0.15) is 0 Å². The molecule has 130 valence electrons. The number of nitrogens with zero attached hydrogens (tertiary/aromatic N) is 1. The van der Waals surface area contributed by atoms with Crippen LogP contribution in [-0.2, 0) is 4.79 Å². The Bertz CT molecular complexity index is 514. The summed E-state index contributed by atoms with van der Waals surface area (Å²) in [5.74, 6) is 0.156. The van der Waals surface area contributed by atoms with Crippen molar-refractivity contribution in [3.63, 3.8) is 0 Å². The molecule has 0 aromatic heterocycles. The summed E-state index contributed by atoms with van der Waals surface area (Å²) in [6, 6.07) is 0.593. The average molecular weight is 359 g/mol. The lowest BCUT2D eigenvalue weighted by Gasteiger charge is -2.46. The number of aliphatic hydroxyl groups is 1. The van der Waals surface area contributed by atoms with Crippen LogP contribution in [0.5, 0.6) is 0 Å². The number of thioether (sulfide) groups is 1. The Balaban J connectivity index is 1.63. The largest absolute Gasteiger partial charge is 0.393 e. The van der Waals surface area contributed by atoms with E-state index in [4.69, 9.17) is 5.14 Å². The van der Waals surface area contributed by atoms with Gasteiger partial charge in [-0.15, -0.1) is 11.8 Å². The van der Waals surface area contributed by atoms with Crippen molar-refractivity contribution in [1.82, 2.24) is 14.9 Å². The molecule has 0 spiro atoms. The molecule has 3 aliphatic heterocycles. The number of carbonyl (C=O) groups is 1. The Labute approximate surface area is 146 Å². The fourth-order valence-corrected chi connectivity index (χ4v) is 5.89. The van der Waals surface area contributed by atoms with E-state index in [1.807, 2.05) is 23.6 Å². The van der Waals surface area contributed by atoms with E-state index in [0.717, 1.165) is 37.3 Å². The Hall–Kier alpha value is -0.250. The highest BCUT2D eigenvalue weighted by atomic mass is 32.2. The maximum Gasteiger partial charge on any atom is 0.234 e. The first-order valence-corrected chi connectivity index (χ1v) is 9.92. The van der Waals surface area contributed by atoms with Crippen LogP contribution < -0.4 is 15.2 Å². The van der Waals surface area contributed by atoms with Crippen molar-refractivity contribution in [1.29, 1.82) is 0 Å². The van der Waals surface area contributed by atoms with E-state index in [1.54, 1.807) is 6.92 Å². The number of hydrogen-bond donors (Lipinski definition) is 4. The lowest BCUT2D eigenvalue weighted by atomic mass is 9.79. The quantitative estimate of drug-likeness (QED) is 0.409. The van der Waals surface area contributed by atoms with E-state index in [0.29, 0.717) is 17.2 Å². The summed E-state index contributed by atoms with van der Waals surface area (Å²) in [7, 11) is 0. The maximum atomic E-state index is 12.3. The summed E-state index contributed by atoms with van der Waals surface area (Å²) in [6.07, 6.45) is 0.529. The molecule has 0 radical (unpaired) electrons. The molecule has 8 heteroatoms. The molecule has 0 bridgehead atoms. The second-order valence-electron chi connectivity index (χ2n) is 6.75. The van der Waals surface area contributed by atoms with Gasteiger partial charge < -0.3 is 15.3 Å². The minimum atomic E-state index is -0.569. The highest BCUT2D eigenvalue weighted by Gasteiger charge is 2.57. The number of rotatable bonds is 6. The molecule has 2 saturated heterocycles. The molecule has 6 nitrogen and oxygen atoms in total. The van der Waals surface area contributed by atoms with Gasteiger partial charge in [-0.25, -0.2) is 4.72 Å². The number of allylic oxidation sites excluding steroid dienone is 1. The summed E-state index contributed by atoms with van der Waals surface area (Å²) >= 11 is 3.07. The zero-order valence-electron chi connectivity index (χ0n) is 13.8. The fraction of sp³-hybridized carbons (Fsp3) is 0.800. The molecular weight excluding hydrogens is 332 g/mol. The zero-order chi connectivity index (χ0) is 16.7. The average Bonchev–Trinajstić information content (AvgIpc) is 3.01. The molecule has 0 aromatic carbocycles. The molecule has 2 fully saturated rings. The number of nitrogens with two attached hydrogens (primary N) is 1. The predicted octanol–water partition coefficient (Wildman–Crippen LogP) is 0.651. The van der Waals surface area contributed by atoms with Crippen molar-refractivity contribution < 1.29 is 9.90 Å². The van der Waals surface area contributed by atoms with Gasteiger partial charge in [0.2, 0.25) is 5.91 Å². The number of carbonyl (C=O) groups excluding carboxylic acids is 1. The minimum absolute atomic E-state index is 0.0801. The van der Waals surface area contributed by atoms with E-state index in [-0.39, 0.29) is 17.9 Å². The zero-order valence-corrected chi connectivity index (χ0v) is 15.4. The van der Waals surface area contributed by atoms with Crippen LogP contribution in [0.3, 0.4) is 0 Å². The molecule has 5 N–H and O–H groups in total. The van der Waals surface area contributed by atoms with Crippen molar-refractivity contribution in [2.45, 2.75) is 50.6 Å². The van der Waals surface area contributed by atoms with Crippen molar-refractivity contribution in [2.24, 2.45) is 17.0 Å². The van der Waals surface area contributed by atoms with Crippen LogP contribution in [-0.4, -0.2) is 52.4 Å². The highest BCUT2D eigenvalue weighted by molar-refractivity contribution is 8.03. The number of hydrogen-bond acceptors (Lipinski definition) is 7. The Morgan fingerprint density at radius 3 is 2.96 bits per heavy atom. The summed E-state index contributed by atoms with van der Waals surface area (Å²) < 4.78 is 3.10. The number of β-lactam (4-membered cyclic amide) rings is 1. The predicted molar refractivity (Wildman–Crippen MR) is 95.2 cm³/mol. The van der Waals surface area contributed by atoms with Gasteiger partial charge >= 0.3 is 0 Å². The number of amides is 1. The molecule has 6 atom stereocenters. The summed E-state index contributed by atoms with van der Waals surface area (Å²) in [5, 5.41) is 19.3. The Kier molecular flexibility index (Phi) is 5.30. The highest BCUT2D eigenvalue weighted by Crippen LogP contribution is 2.51. The molecule has 3 heterocycles. The molecule has 3 rings (SSSR count). The first kappa shape index (κ1) is 17.6. The van der Waals surface area contributed by atoms with Crippen molar-refractivity contribution in [3.8, 4) is 0 Å². The fourth-order valence-electron chi connectivity index (χ4n) is 4.10. The van der Waals surface area contributed by atoms with Gasteiger partial charge in [-0.3, -0.25) is 9.93 Å². The third kappa shape index (κ3) is 3.05. The van der Waals surface area contributed by atoms with Crippen molar-refractivity contribution >= 4 is 29.8 Å². The first-order valence-electron chi connectivity index (χ1n) is 8.16. The molecular formula is C15H26N4O2S2. The molecule has 5 unspecified atom stereocenters. The third-order valence-electron chi connectivity index (χ3n) is 5.24. The lowest BCUT2D eigenvalue weighted by molar-refractivity contribution is -0.159. The summed E-state index contributed by atoms with van der Waals surface area (Å²) in [4.78, 5) is 15.5. The van der Waals surface area contributed by atoms with Gasteiger partial charge in [-0.2, -0.15) is 0 Å². The van der Waals surface area contributed by atoms with Gasteiger partial charge in [0.15, 0.2) is 0 Å². The molecule has 0 saturated carbocycles. The topological polar surface area (TPSA) is 90.6 Å². The van der Waals surface area contributed by atoms with Gasteiger partial charge in [-0.05, 0) is 20.3 Å². The second-order valence-corrected chi connectivity index (χ2v) is 8.62. The van der Waals surface area contributed by atoms with Gasteiger partial charge in [0.25, 0.3) is 0 Å². The van der Waals surface area contributed by atoms with E-state index in [2.05, 4.69) is 17.0 Å². The smallest absolute Gasteiger partial charge is 0.234 e. The normalized spacial score (nSPS) is 38.0. The monoisotopic (exact) mass is 358 g/mol. The number of nitrogens with one attached hydrogen (secondary N) is 2. The van der Waals surface area contributed by atoms with Crippen LogP contribution in [0.4, 0.5) is 0 Å². The Morgan fingerprint density at radius 2 is 2.30 bits per heavy atom. The van der Waals surface area contributed by atoms with Crippen LogP contribution in [0.15, 0.2) is 10.6 Å². The van der Waals surface area contributed by atoms with Crippen LogP contribution in [0.25, 0.3) is 0 Å². The SMILES string of the molecule is CC1=C(SC2CNC(CNSN)C2)C(C)C2C([C@H](C)O)C(=O)N12. The molecule has 1 amide bonds. The van der Waals surface area contributed by atoms with E-state index >= 15 is 0 Å². The van der Waals surface area contributed by atoms with Crippen molar-refractivity contribution in [2.75, 3.05) is 13.1 Å². The van der Waals surface area contributed by atoms with Crippen LogP contribution in [0.1, 0.15) is 27.2 Å².